The first-order chi connectivity index (χ1) is 9.86. The quantitative estimate of drug-likeness (QED) is 0.648. The molecule has 2 rings (SSSR count). The van der Waals surface area contributed by atoms with E-state index in [4.69, 9.17) is 5.11 Å². The van der Waals surface area contributed by atoms with Gasteiger partial charge in [-0.05, 0) is 30.9 Å². The molecule has 7 nitrogen and oxygen atoms in total. The number of aliphatic hydroxyl groups is 1. The highest BCUT2D eigenvalue weighted by Gasteiger charge is 2.33. The Morgan fingerprint density at radius 3 is 2.81 bits per heavy atom. The summed E-state index contributed by atoms with van der Waals surface area (Å²) in [6.45, 7) is 0.535. The molecule has 0 saturated carbocycles. The van der Waals surface area contributed by atoms with Gasteiger partial charge in [-0.3, -0.25) is 10.1 Å². The van der Waals surface area contributed by atoms with Crippen molar-refractivity contribution in [2.24, 2.45) is 5.92 Å². The Morgan fingerprint density at radius 1 is 1.48 bits per heavy atom. The second-order valence-electron chi connectivity index (χ2n) is 4.90. The van der Waals surface area contributed by atoms with Crippen LogP contribution in [-0.2, 0) is 10.0 Å². The lowest BCUT2D eigenvalue weighted by Crippen LogP contribution is -2.29. The average Bonchev–Trinajstić information content (AvgIpc) is 2.88. The van der Waals surface area contributed by atoms with E-state index in [-0.39, 0.29) is 30.5 Å². The molecule has 1 fully saturated rings. The summed E-state index contributed by atoms with van der Waals surface area (Å²) in [5.41, 5.74) is -0.859. The number of rotatable bonds is 5. The Hall–Kier alpha value is -1.58. The second-order valence-corrected chi connectivity index (χ2v) is 6.84. The van der Waals surface area contributed by atoms with Crippen LogP contribution in [0.5, 0.6) is 0 Å². The van der Waals surface area contributed by atoms with Crippen molar-refractivity contribution in [2.75, 3.05) is 19.7 Å². The highest BCUT2D eigenvalue weighted by Crippen LogP contribution is 2.28. The van der Waals surface area contributed by atoms with Crippen LogP contribution >= 0.6 is 0 Å². The fourth-order valence-corrected chi connectivity index (χ4v) is 3.93. The minimum absolute atomic E-state index is 0.0133. The third-order valence-corrected chi connectivity index (χ3v) is 5.40. The molecule has 1 aromatic rings. The minimum atomic E-state index is -3.88. The summed E-state index contributed by atoms with van der Waals surface area (Å²) < 4.78 is 39.3. The van der Waals surface area contributed by atoms with Crippen LogP contribution in [0.2, 0.25) is 0 Å². The molecule has 1 aliphatic rings. The molecule has 1 saturated heterocycles. The van der Waals surface area contributed by atoms with E-state index in [9.17, 15) is 22.9 Å². The predicted molar refractivity (Wildman–Crippen MR) is 71.6 cm³/mol. The summed E-state index contributed by atoms with van der Waals surface area (Å²) in [4.78, 5) is 9.45. The van der Waals surface area contributed by atoms with Gasteiger partial charge in [0.1, 0.15) is 0 Å². The fraction of sp³-hybridized carbons (Fsp3) is 0.500. The van der Waals surface area contributed by atoms with Gasteiger partial charge in [0, 0.05) is 25.8 Å². The largest absolute Gasteiger partial charge is 0.396 e. The van der Waals surface area contributed by atoms with Gasteiger partial charge in [0.05, 0.1) is 9.82 Å². The number of hydrogen-bond acceptors (Lipinski definition) is 5. The molecular weight excluding hydrogens is 303 g/mol. The third-order valence-electron chi connectivity index (χ3n) is 3.54. The van der Waals surface area contributed by atoms with Crippen LogP contribution in [0.15, 0.2) is 23.1 Å². The van der Waals surface area contributed by atoms with Crippen molar-refractivity contribution in [3.8, 4) is 0 Å². The molecule has 1 heterocycles. The molecular formula is C12H15FN2O5S. The van der Waals surface area contributed by atoms with Gasteiger partial charge in [-0.25, -0.2) is 8.42 Å². The summed E-state index contributed by atoms with van der Waals surface area (Å²) >= 11 is 0. The molecule has 0 aromatic heterocycles. The van der Waals surface area contributed by atoms with E-state index in [1.165, 1.54) is 4.31 Å². The molecule has 116 valence electrons. The van der Waals surface area contributed by atoms with Gasteiger partial charge in [0.25, 0.3) is 0 Å². The first kappa shape index (κ1) is 15.8. The molecule has 0 bridgehead atoms. The number of aliphatic hydroxyl groups excluding tert-OH is 1. The number of halogens is 1. The molecule has 0 aliphatic carbocycles. The van der Waals surface area contributed by atoms with E-state index in [0.29, 0.717) is 12.8 Å². The number of sulfonamides is 1. The summed E-state index contributed by atoms with van der Waals surface area (Å²) in [6, 6.07) is 2.55. The lowest BCUT2D eigenvalue weighted by atomic mass is 10.1. The van der Waals surface area contributed by atoms with Crippen LogP contribution in [0.25, 0.3) is 0 Å². The summed E-state index contributed by atoms with van der Waals surface area (Å²) in [5.74, 6) is -1.00. The maximum atomic E-state index is 13.3. The molecule has 0 spiro atoms. The van der Waals surface area contributed by atoms with Gasteiger partial charge >= 0.3 is 5.69 Å². The number of nitro benzene ring substituents is 1. The first-order valence-electron chi connectivity index (χ1n) is 6.41. The summed E-state index contributed by atoms with van der Waals surface area (Å²) in [5, 5.41) is 19.6. The van der Waals surface area contributed by atoms with Crippen molar-refractivity contribution < 1.29 is 22.8 Å². The number of benzene rings is 1. The molecule has 1 N–H and O–H groups in total. The first-order valence-corrected chi connectivity index (χ1v) is 7.85. The third kappa shape index (κ3) is 3.20. The van der Waals surface area contributed by atoms with Crippen LogP contribution < -0.4 is 0 Å². The van der Waals surface area contributed by atoms with E-state index < -0.39 is 26.5 Å². The van der Waals surface area contributed by atoms with Crippen LogP contribution in [0, 0.1) is 21.8 Å². The molecule has 1 aromatic carbocycles. The Bertz CT molecular complexity index is 649. The van der Waals surface area contributed by atoms with Crippen LogP contribution in [-0.4, -0.2) is 42.4 Å². The molecule has 1 atom stereocenters. The highest BCUT2D eigenvalue weighted by molar-refractivity contribution is 7.89. The molecule has 1 aliphatic heterocycles. The predicted octanol–water partition coefficient (Wildman–Crippen LogP) is 1.13. The number of nitrogens with zero attached hydrogens (tertiary/aromatic N) is 2. The van der Waals surface area contributed by atoms with Crippen molar-refractivity contribution in [3.63, 3.8) is 0 Å². The lowest BCUT2D eigenvalue weighted by molar-refractivity contribution is -0.387. The monoisotopic (exact) mass is 318 g/mol. The van der Waals surface area contributed by atoms with Crippen molar-refractivity contribution in [2.45, 2.75) is 17.7 Å². The Balaban J connectivity index is 2.28. The van der Waals surface area contributed by atoms with E-state index in [1.54, 1.807) is 0 Å². The van der Waals surface area contributed by atoms with E-state index >= 15 is 0 Å². The number of hydrogen-bond donors (Lipinski definition) is 1. The lowest BCUT2D eigenvalue weighted by Gasteiger charge is -2.16. The Labute approximate surface area is 121 Å². The molecule has 0 amide bonds. The van der Waals surface area contributed by atoms with Gasteiger partial charge in [-0.2, -0.15) is 8.70 Å². The van der Waals surface area contributed by atoms with Gasteiger partial charge < -0.3 is 5.11 Å². The van der Waals surface area contributed by atoms with Crippen LogP contribution in [0.1, 0.15) is 12.8 Å². The molecule has 1 unspecified atom stereocenters. The van der Waals surface area contributed by atoms with Crippen LogP contribution in [0.3, 0.4) is 0 Å². The molecule has 9 heteroatoms. The Kier molecular flexibility index (Phi) is 4.55. The fourth-order valence-electron chi connectivity index (χ4n) is 2.38. The van der Waals surface area contributed by atoms with Crippen molar-refractivity contribution >= 4 is 15.7 Å². The van der Waals surface area contributed by atoms with Crippen molar-refractivity contribution in [1.82, 2.24) is 4.31 Å². The summed E-state index contributed by atoms with van der Waals surface area (Å²) in [7, 11) is -3.88. The maximum Gasteiger partial charge on any atom is 0.306 e. The van der Waals surface area contributed by atoms with Crippen molar-refractivity contribution in [3.05, 3.63) is 34.1 Å². The van der Waals surface area contributed by atoms with E-state index in [1.807, 2.05) is 0 Å². The SMILES string of the molecule is O=[N+]([O-])c1cc(S(=O)(=O)N2CCC(CCO)C2)ccc1F. The van der Waals surface area contributed by atoms with E-state index in [0.717, 1.165) is 18.2 Å². The number of nitro groups is 1. The zero-order chi connectivity index (χ0) is 15.6. The molecule has 21 heavy (non-hydrogen) atoms. The summed E-state index contributed by atoms with van der Waals surface area (Å²) in [6.07, 6.45) is 1.14. The normalized spacial score (nSPS) is 19.8. The second kappa shape index (κ2) is 6.04. The van der Waals surface area contributed by atoms with E-state index in [2.05, 4.69) is 0 Å². The zero-order valence-corrected chi connectivity index (χ0v) is 11.9. The average molecular weight is 318 g/mol. The zero-order valence-electron chi connectivity index (χ0n) is 11.1. The smallest absolute Gasteiger partial charge is 0.306 e. The maximum absolute atomic E-state index is 13.3. The minimum Gasteiger partial charge on any atom is -0.396 e. The highest BCUT2D eigenvalue weighted by atomic mass is 32.2. The Morgan fingerprint density at radius 2 is 2.19 bits per heavy atom. The standard InChI is InChI=1S/C12H15FN2O5S/c13-11-2-1-10(7-12(11)15(17)18)21(19,20)14-5-3-9(8-14)4-6-16/h1-2,7,9,16H,3-6,8H2. The topological polar surface area (TPSA) is 101 Å². The van der Waals surface area contributed by atoms with Gasteiger partial charge in [-0.1, -0.05) is 0 Å². The van der Waals surface area contributed by atoms with Crippen molar-refractivity contribution in [1.29, 1.82) is 0 Å². The van der Waals surface area contributed by atoms with Gasteiger partial charge in [-0.15, -0.1) is 0 Å². The molecule has 0 radical (unpaired) electrons. The van der Waals surface area contributed by atoms with Crippen LogP contribution in [0.4, 0.5) is 10.1 Å². The van der Waals surface area contributed by atoms with Gasteiger partial charge in [0.2, 0.25) is 15.8 Å². The van der Waals surface area contributed by atoms with Gasteiger partial charge in [0.15, 0.2) is 0 Å².